The maximum Gasteiger partial charge on any atom is 0.321 e. The van der Waals surface area contributed by atoms with Crippen molar-refractivity contribution in [1.82, 2.24) is 15.5 Å². The van der Waals surface area contributed by atoms with Crippen LogP contribution in [0.1, 0.15) is 31.7 Å². The van der Waals surface area contributed by atoms with E-state index in [1.807, 2.05) is 37.3 Å². The molecule has 7 nitrogen and oxygen atoms in total. The predicted molar refractivity (Wildman–Crippen MR) is 97.2 cm³/mol. The van der Waals surface area contributed by atoms with Crippen LogP contribution in [0.4, 0.5) is 4.79 Å². The maximum absolute atomic E-state index is 11.9. The number of piperidine rings is 1. The number of rotatable bonds is 7. The van der Waals surface area contributed by atoms with E-state index in [2.05, 4.69) is 15.5 Å². The van der Waals surface area contributed by atoms with Gasteiger partial charge in [-0.2, -0.15) is 0 Å². The van der Waals surface area contributed by atoms with Crippen molar-refractivity contribution in [2.24, 2.45) is 5.92 Å². The van der Waals surface area contributed by atoms with E-state index in [1.165, 1.54) is 0 Å². The van der Waals surface area contributed by atoms with E-state index in [9.17, 15) is 14.4 Å². The first-order valence-corrected chi connectivity index (χ1v) is 9.09. The van der Waals surface area contributed by atoms with E-state index in [4.69, 9.17) is 4.74 Å². The molecule has 142 valence electrons. The summed E-state index contributed by atoms with van der Waals surface area (Å²) in [6.45, 7) is 4.69. The molecule has 0 aromatic heterocycles. The number of likely N-dealkylation sites (tertiary alicyclic amines) is 1. The van der Waals surface area contributed by atoms with Crippen molar-refractivity contribution in [3.8, 4) is 0 Å². The van der Waals surface area contributed by atoms with E-state index in [0.717, 1.165) is 31.5 Å². The van der Waals surface area contributed by atoms with Crippen molar-refractivity contribution in [2.45, 2.75) is 32.7 Å². The van der Waals surface area contributed by atoms with Crippen LogP contribution in [0.25, 0.3) is 0 Å². The molecule has 0 bridgehead atoms. The summed E-state index contributed by atoms with van der Waals surface area (Å²) in [5.41, 5.74) is 0.972. The summed E-state index contributed by atoms with van der Waals surface area (Å²) in [6.07, 6.45) is 1.75. The largest absolute Gasteiger partial charge is 0.466 e. The first-order valence-electron chi connectivity index (χ1n) is 9.09. The van der Waals surface area contributed by atoms with Crippen LogP contribution in [-0.2, 0) is 20.9 Å². The van der Waals surface area contributed by atoms with E-state index in [-0.39, 0.29) is 24.2 Å². The van der Waals surface area contributed by atoms with Gasteiger partial charge in [-0.05, 0) is 38.4 Å². The first kappa shape index (κ1) is 19.9. The number of nitrogens with one attached hydrogen (secondary N) is 2. The predicted octanol–water partition coefficient (Wildman–Crippen LogP) is 1.68. The molecule has 0 aliphatic carbocycles. The minimum absolute atomic E-state index is 0.0382. The Balaban J connectivity index is 1.60. The summed E-state index contributed by atoms with van der Waals surface area (Å²) in [7, 11) is 0. The Hall–Kier alpha value is -2.41. The first-order chi connectivity index (χ1) is 12.6. The van der Waals surface area contributed by atoms with Crippen molar-refractivity contribution in [1.29, 1.82) is 0 Å². The Morgan fingerprint density at radius 1 is 1.15 bits per heavy atom. The SMILES string of the molecule is CCOC(=O)C1CCN(CCC(=O)NC(=O)NCc2ccccc2)CC1. The van der Waals surface area contributed by atoms with Gasteiger partial charge in [0.15, 0.2) is 0 Å². The van der Waals surface area contributed by atoms with Crippen LogP contribution in [0.2, 0.25) is 0 Å². The van der Waals surface area contributed by atoms with Crippen LogP contribution >= 0.6 is 0 Å². The molecule has 2 rings (SSSR count). The topological polar surface area (TPSA) is 87.7 Å². The number of amides is 3. The molecule has 1 heterocycles. The van der Waals surface area contributed by atoms with Gasteiger partial charge in [0, 0.05) is 19.5 Å². The molecule has 0 saturated carbocycles. The van der Waals surface area contributed by atoms with Gasteiger partial charge in [-0.25, -0.2) is 4.79 Å². The fourth-order valence-electron chi connectivity index (χ4n) is 2.92. The highest BCUT2D eigenvalue weighted by atomic mass is 16.5. The minimum atomic E-state index is -0.486. The number of esters is 1. The van der Waals surface area contributed by atoms with Crippen molar-refractivity contribution in [2.75, 3.05) is 26.2 Å². The number of ether oxygens (including phenoxy) is 1. The molecule has 26 heavy (non-hydrogen) atoms. The molecule has 2 N–H and O–H groups in total. The van der Waals surface area contributed by atoms with Crippen LogP contribution in [0.3, 0.4) is 0 Å². The molecular weight excluding hydrogens is 334 g/mol. The monoisotopic (exact) mass is 361 g/mol. The van der Waals surface area contributed by atoms with Gasteiger partial charge in [-0.1, -0.05) is 30.3 Å². The summed E-state index contributed by atoms with van der Waals surface area (Å²) in [5, 5.41) is 5.01. The summed E-state index contributed by atoms with van der Waals surface area (Å²) in [5.74, 6) is -0.466. The van der Waals surface area contributed by atoms with Crippen LogP contribution in [0.5, 0.6) is 0 Å². The van der Waals surface area contributed by atoms with E-state index in [0.29, 0.717) is 19.7 Å². The van der Waals surface area contributed by atoms with Crippen LogP contribution in [0, 0.1) is 5.92 Å². The number of urea groups is 1. The van der Waals surface area contributed by atoms with Crippen LogP contribution < -0.4 is 10.6 Å². The second kappa shape index (κ2) is 10.6. The highest BCUT2D eigenvalue weighted by Gasteiger charge is 2.26. The summed E-state index contributed by atoms with van der Waals surface area (Å²) < 4.78 is 5.05. The second-order valence-electron chi connectivity index (χ2n) is 6.33. The molecule has 0 spiro atoms. The highest BCUT2D eigenvalue weighted by molar-refractivity contribution is 5.94. The fourth-order valence-corrected chi connectivity index (χ4v) is 2.92. The van der Waals surface area contributed by atoms with Gasteiger partial charge in [0.05, 0.1) is 12.5 Å². The summed E-state index contributed by atoms with van der Waals surface area (Å²) >= 11 is 0. The third-order valence-corrected chi connectivity index (χ3v) is 4.41. The van der Waals surface area contributed by atoms with Crippen molar-refractivity contribution >= 4 is 17.9 Å². The lowest BCUT2D eigenvalue weighted by atomic mass is 9.97. The van der Waals surface area contributed by atoms with Gasteiger partial charge in [-0.15, -0.1) is 0 Å². The average molecular weight is 361 g/mol. The molecule has 0 radical (unpaired) electrons. The van der Waals surface area contributed by atoms with E-state index < -0.39 is 6.03 Å². The van der Waals surface area contributed by atoms with Gasteiger partial charge in [0.1, 0.15) is 0 Å². The number of hydrogen-bond donors (Lipinski definition) is 2. The number of hydrogen-bond acceptors (Lipinski definition) is 5. The Labute approximate surface area is 154 Å². The lowest BCUT2D eigenvalue weighted by Gasteiger charge is -2.30. The Morgan fingerprint density at radius 3 is 2.50 bits per heavy atom. The van der Waals surface area contributed by atoms with Gasteiger partial charge >= 0.3 is 12.0 Å². The molecule has 7 heteroatoms. The van der Waals surface area contributed by atoms with E-state index >= 15 is 0 Å². The average Bonchev–Trinajstić information content (AvgIpc) is 2.66. The second-order valence-corrected chi connectivity index (χ2v) is 6.33. The summed E-state index contributed by atoms with van der Waals surface area (Å²) in [6, 6.07) is 9.02. The lowest BCUT2D eigenvalue weighted by molar-refractivity contribution is -0.149. The smallest absolute Gasteiger partial charge is 0.321 e. The molecule has 1 aromatic rings. The number of carbonyl (C=O) groups excluding carboxylic acids is 3. The lowest BCUT2D eigenvalue weighted by Crippen LogP contribution is -2.42. The van der Waals surface area contributed by atoms with Crippen molar-refractivity contribution in [3.05, 3.63) is 35.9 Å². The molecule has 1 saturated heterocycles. The number of benzene rings is 1. The fraction of sp³-hybridized carbons (Fsp3) is 0.526. The zero-order chi connectivity index (χ0) is 18.8. The van der Waals surface area contributed by atoms with Gasteiger partial charge in [0.25, 0.3) is 0 Å². The molecule has 1 aliphatic rings. The molecule has 3 amide bonds. The molecule has 1 aromatic carbocycles. The van der Waals surface area contributed by atoms with Crippen molar-refractivity contribution < 1.29 is 19.1 Å². The number of imide groups is 1. The number of nitrogens with zero attached hydrogens (tertiary/aromatic N) is 1. The molecule has 1 fully saturated rings. The Kier molecular flexibility index (Phi) is 8.08. The Bertz CT molecular complexity index is 598. The van der Waals surface area contributed by atoms with Crippen LogP contribution in [0.15, 0.2) is 30.3 Å². The molecular formula is C19H27N3O4. The van der Waals surface area contributed by atoms with E-state index in [1.54, 1.807) is 0 Å². The zero-order valence-electron chi connectivity index (χ0n) is 15.2. The quantitative estimate of drug-likeness (QED) is 0.722. The normalized spacial score (nSPS) is 15.3. The summed E-state index contributed by atoms with van der Waals surface area (Å²) in [4.78, 5) is 37.5. The third kappa shape index (κ3) is 6.84. The zero-order valence-corrected chi connectivity index (χ0v) is 15.2. The van der Waals surface area contributed by atoms with Gasteiger partial charge in [-0.3, -0.25) is 14.9 Å². The highest BCUT2D eigenvalue weighted by Crippen LogP contribution is 2.18. The Morgan fingerprint density at radius 2 is 1.85 bits per heavy atom. The molecule has 0 atom stereocenters. The standard InChI is InChI=1S/C19H27N3O4/c1-2-26-18(24)16-8-11-22(12-9-16)13-10-17(23)21-19(25)20-14-15-6-4-3-5-7-15/h3-7,16H,2,8-14H2,1H3,(H2,20,21,23,25). The van der Waals surface area contributed by atoms with Crippen LogP contribution in [-0.4, -0.2) is 49.0 Å². The molecule has 1 aliphatic heterocycles. The maximum atomic E-state index is 11.9. The minimum Gasteiger partial charge on any atom is -0.466 e. The van der Waals surface area contributed by atoms with Crippen molar-refractivity contribution in [3.63, 3.8) is 0 Å². The molecule has 0 unspecified atom stereocenters. The number of carbonyl (C=O) groups is 3. The van der Waals surface area contributed by atoms with Gasteiger partial charge < -0.3 is 15.0 Å². The third-order valence-electron chi connectivity index (χ3n) is 4.41. The van der Waals surface area contributed by atoms with Gasteiger partial charge in [0.2, 0.25) is 5.91 Å².